The molecule has 0 bridgehead atoms. The third-order valence-corrected chi connectivity index (χ3v) is 3.25. The molecule has 0 amide bonds. The lowest BCUT2D eigenvalue weighted by atomic mass is 10.1. The molecular weight excluding hydrogens is 267 g/mol. The Morgan fingerprint density at radius 3 is 2.56 bits per heavy atom. The van der Waals surface area contributed by atoms with Gasteiger partial charge in [-0.3, -0.25) is 0 Å². The van der Waals surface area contributed by atoms with Gasteiger partial charge in [0, 0.05) is 4.88 Å². The summed E-state index contributed by atoms with van der Waals surface area (Å²) in [5.74, 6) is -0.917. The van der Waals surface area contributed by atoms with Gasteiger partial charge >= 0.3 is 5.97 Å². The van der Waals surface area contributed by atoms with Crippen LogP contribution in [-0.4, -0.2) is 11.1 Å². The molecule has 5 heteroatoms. The van der Waals surface area contributed by atoms with E-state index >= 15 is 0 Å². The summed E-state index contributed by atoms with van der Waals surface area (Å²) in [5.41, 5.74) is 1.17. The molecule has 0 spiro atoms. The first-order valence-electron chi connectivity index (χ1n) is 4.26. The first-order chi connectivity index (χ1) is 7.16. The number of carboxylic acid groups (broad SMARTS) is 1. The molecule has 0 aliphatic heterocycles. The Balaban J connectivity index is 0.00000128. The highest BCUT2D eigenvalue weighted by atomic mass is 35.5. The fraction of sp³-hybridized carbons (Fsp3) is 0. The summed E-state index contributed by atoms with van der Waals surface area (Å²) in [6.07, 6.45) is 0. The van der Waals surface area contributed by atoms with E-state index in [0.29, 0.717) is 4.34 Å². The summed E-state index contributed by atoms with van der Waals surface area (Å²) in [6.45, 7) is 0. The molecule has 1 heterocycles. The standard InChI is InChI=1S/C11H7ClO2S.ClH/c12-10-5-4-9(15-10)7-2-1-3-8(6-7)11(13)14;/h1-6H,(H,13,14);1H. The minimum absolute atomic E-state index is 0. The van der Waals surface area contributed by atoms with E-state index in [2.05, 4.69) is 0 Å². The van der Waals surface area contributed by atoms with Crippen LogP contribution < -0.4 is 0 Å². The van der Waals surface area contributed by atoms with Gasteiger partial charge in [0.1, 0.15) is 0 Å². The first-order valence-corrected chi connectivity index (χ1v) is 5.45. The Bertz CT molecular complexity index is 508. The Hall–Kier alpha value is -1.03. The lowest BCUT2D eigenvalue weighted by Gasteiger charge is -1.98. The van der Waals surface area contributed by atoms with E-state index in [9.17, 15) is 4.79 Å². The van der Waals surface area contributed by atoms with Crippen LogP contribution in [0.25, 0.3) is 10.4 Å². The van der Waals surface area contributed by atoms with Crippen LogP contribution in [0.3, 0.4) is 0 Å². The second-order valence-corrected chi connectivity index (χ2v) is 4.70. The number of carboxylic acids is 1. The van der Waals surface area contributed by atoms with Crippen molar-refractivity contribution in [2.24, 2.45) is 0 Å². The largest absolute Gasteiger partial charge is 0.478 e. The molecule has 1 aromatic heterocycles. The normalized spacial score (nSPS) is 9.56. The molecule has 0 saturated carbocycles. The highest BCUT2D eigenvalue weighted by Gasteiger charge is 2.06. The predicted octanol–water partition coefficient (Wildman–Crippen LogP) is 4.19. The van der Waals surface area contributed by atoms with Crippen LogP contribution in [0.4, 0.5) is 0 Å². The van der Waals surface area contributed by atoms with Gasteiger partial charge in [-0.1, -0.05) is 23.7 Å². The van der Waals surface area contributed by atoms with Gasteiger partial charge in [-0.25, -0.2) is 4.79 Å². The highest BCUT2D eigenvalue weighted by Crippen LogP contribution is 2.31. The van der Waals surface area contributed by atoms with Crippen molar-refractivity contribution in [3.8, 4) is 10.4 Å². The SMILES string of the molecule is Cl.O=C(O)c1cccc(-c2ccc(Cl)s2)c1. The van der Waals surface area contributed by atoms with Crippen molar-refractivity contribution < 1.29 is 9.90 Å². The van der Waals surface area contributed by atoms with Crippen LogP contribution >= 0.6 is 35.3 Å². The van der Waals surface area contributed by atoms with E-state index < -0.39 is 5.97 Å². The molecule has 0 aliphatic rings. The minimum atomic E-state index is -0.917. The van der Waals surface area contributed by atoms with Gasteiger partial charge in [0.05, 0.1) is 9.90 Å². The van der Waals surface area contributed by atoms with Crippen LogP contribution in [0.1, 0.15) is 10.4 Å². The number of halogens is 2. The maximum absolute atomic E-state index is 10.8. The van der Waals surface area contributed by atoms with Crippen molar-refractivity contribution >= 4 is 41.3 Å². The topological polar surface area (TPSA) is 37.3 Å². The molecule has 1 aromatic carbocycles. The van der Waals surface area contributed by atoms with Crippen molar-refractivity contribution in [1.29, 1.82) is 0 Å². The predicted molar refractivity (Wildman–Crippen MR) is 69.0 cm³/mol. The second-order valence-electron chi connectivity index (χ2n) is 2.99. The van der Waals surface area contributed by atoms with Crippen molar-refractivity contribution in [3.63, 3.8) is 0 Å². The lowest BCUT2D eigenvalue weighted by molar-refractivity contribution is 0.0697. The van der Waals surface area contributed by atoms with E-state index in [-0.39, 0.29) is 18.0 Å². The quantitative estimate of drug-likeness (QED) is 0.892. The molecule has 0 saturated heterocycles. The maximum Gasteiger partial charge on any atom is 0.335 e. The molecule has 2 nitrogen and oxygen atoms in total. The highest BCUT2D eigenvalue weighted by molar-refractivity contribution is 7.19. The first kappa shape index (κ1) is 13.0. The molecule has 0 atom stereocenters. The minimum Gasteiger partial charge on any atom is -0.478 e. The molecule has 0 radical (unpaired) electrons. The maximum atomic E-state index is 10.8. The summed E-state index contributed by atoms with van der Waals surface area (Å²) >= 11 is 7.25. The summed E-state index contributed by atoms with van der Waals surface area (Å²) in [7, 11) is 0. The van der Waals surface area contributed by atoms with E-state index in [1.54, 1.807) is 24.3 Å². The van der Waals surface area contributed by atoms with Gasteiger partial charge in [0.2, 0.25) is 0 Å². The van der Waals surface area contributed by atoms with Gasteiger partial charge in [0.25, 0.3) is 0 Å². The summed E-state index contributed by atoms with van der Waals surface area (Å²) in [6, 6.07) is 10.5. The lowest BCUT2D eigenvalue weighted by Crippen LogP contribution is -1.95. The molecular formula is C11H8Cl2O2S. The zero-order valence-corrected chi connectivity index (χ0v) is 10.4. The van der Waals surface area contributed by atoms with Crippen molar-refractivity contribution in [3.05, 3.63) is 46.3 Å². The molecule has 2 aromatic rings. The molecule has 16 heavy (non-hydrogen) atoms. The third kappa shape index (κ3) is 2.76. The average Bonchev–Trinajstić information content (AvgIpc) is 2.65. The molecule has 0 fully saturated rings. The Labute approximate surface area is 108 Å². The van der Waals surface area contributed by atoms with E-state index in [0.717, 1.165) is 10.4 Å². The van der Waals surface area contributed by atoms with Crippen LogP contribution in [0.5, 0.6) is 0 Å². The number of aromatic carboxylic acids is 1. The second kappa shape index (κ2) is 5.34. The molecule has 84 valence electrons. The Kier molecular flexibility index (Phi) is 4.35. The number of hydrogen-bond acceptors (Lipinski definition) is 2. The third-order valence-electron chi connectivity index (χ3n) is 1.97. The molecule has 1 N–H and O–H groups in total. The number of hydrogen-bond donors (Lipinski definition) is 1. The number of benzene rings is 1. The zero-order chi connectivity index (χ0) is 10.8. The average molecular weight is 275 g/mol. The van der Waals surface area contributed by atoms with Crippen molar-refractivity contribution in [2.75, 3.05) is 0 Å². The fourth-order valence-electron chi connectivity index (χ4n) is 1.27. The number of rotatable bonds is 2. The Morgan fingerprint density at radius 2 is 2.00 bits per heavy atom. The van der Waals surface area contributed by atoms with Crippen LogP contribution in [-0.2, 0) is 0 Å². The summed E-state index contributed by atoms with van der Waals surface area (Å²) < 4.78 is 0.700. The zero-order valence-electron chi connectivity index (χ0n) is 8.01. The van der Waals surface area contributed by atoms with Crippen molar-refractivity contribution in [1.82, 2.24) is 0 Å². The van der Waals surface area contributed by atoms with E-state index in [1.165, 1.54) is 11.3 Å². The van der Waals surface area contributed by atoms with Crippen LogP contribution in [0.15, 0.2) is 36.4 Å². The molecule has 0 aliphatic carbocycles. The monoisotopic (exact) mass is 274 g/mol. The van der Waals surface area contributed by atoms with E-state index in [1.807, 2.05) is 12.1 Å². The van der Waals surface area contributed by atoms with Crippen LogP contribution in [0, 0.1) is 0 Å². The summed E-state index contributed by atoms with van der Waals surface area (Å²) in [4.78, 5) is 11.7. The number of carbonyl (C=O) groups is 1. The van der Waals surface area contributed by atoms with Gasteiger partial charge in [-0.15, -0.1) is 23.7 Å². The van der Waals surface area contributed by atoms with Gasteiger partial charge in [0.15, 0.2) is 0 Å². The van der Waals surface area contributed by atoms with Gasteiger partial charge < -0.3 is 5.11 Å². The van der Waals surface area contributed by atoms with Gasteiger partial charge in [-0.2, -0.15) is 0 Å². The molecule has 0 unspecified atom stereocenters. The van der Waals surface area contributed by atoms with Gasteiger partial charge in [-0.05, 0) is 29.8 Å². The fourth-order valence-corrected chi connectivity index (χ4v) is 2.31. The smallest absolute Gasteiger partial charge is 0.335 e. The summed E-state index contributed by atoms with van der Waals surface area (Å²) in [5, 5.41) is 8.84. The van der Waals surface area contributed by atoms with E-state index in [4.69, 9.17) is 16.7 Å². The Morgan fingerprint density at radius 1 is 1.25 bits per heavy atom. The van der Waals surface area contributed by atoms with Crippen LogP contribution in [0.2, 0.25) is 4.34 Å². The number of thiophene rings is 1. The molecule has 2 rings (SSSR count). The van der Waals surface area contributed by atoms with Crippen molar-refractivity contribution in [2.45, 2.75) is 0 Å².